The molecule has 0 aromatic heterocycles. The fourth-order valence-corrected chi connectivity index (χ4v) is 5.74. The first kappa shape index (κ1) is 30.3. The van der Waals surface area contributed by atoms with Crippen molar-refractivity contribution in [2.45, 2.75) is 103 Å². The average molecular weight is 532 g/mol. The van der Waals surface area contributed by atoms with Crippen LogP contribution in [0.2, 0.25) is 0 Å². The second-order valence-electron chi connectivity index (χ2n) is 11.9. The molecule has 0 radical (unpaired) electrons. The van der Waals surface area contributed by atoms with Crippen LogP contribution in [0.4, 0.5) is 10.1 Å². The van der Waals surface area contributed by atoms with Crippen molar-refractivity contribution in [3.63, 3.8) is 0 Å². The van der Waals surface area contributed by atoms with Crippen LogP contribution < -0.4 is 10.2 Å². The maximum Gasteiger partial charge on any atom is 0.241 e. The van der Waals surface area contributed by atoms with Crippen molar-refractivity contribution < 1.29 is 24.2 Å². The Balaban J connectivity index is 1.53. The molecule has 1 saturated heterocycles. The fourth-order valence-electron chi connectivity index (χ4n) is 5.74. The molecule has 38 heavy (non-hydrogen) atoms. The molecular formula is C30H46FN3O4. The van der Waals surface area contributed by atoms with Crippen molar-refractivity contribution in [3.05, 3.63) is 41.7 Å². The number of aryl methyl sites for hydroxylation is 1. The lowest BCUT2D eigenvalue weighted by atomic mass is 9.78. The molecule has 2 fully saturated rings. The van der Waals surface area contributed by atoms with E-state index in [-0.39, 0.29) is 41.7 Å². The zero-order chi connectivity index (χ0) is 28.3. The zero-order valence-electron chi connectivity index (χ0n) is 23.7. The second kappa shape index (κ2) is 12.3. The van der Waals surface area contributed by atoms with Crippen molar-refractivity contribution in [3.8, 4) is 0 Å². The van der Waals surface area contributed by atoms with E-state index in [0.29, 0.717) is 63.7 Å². The summed E-state index contributed by atoms with van der Waals surface area (Å²) in [5, 5.41) is 24.5. The summed E-state index contributed by atoms with van der Waals surface area (Å²) < 4.78 is 13.9. The zero-order valence-corrected chi connectivity index (χ0v) is 23.7. The number of hydrogen-bond donors (Lipinski definition) is 3. The van der Waals surface area contributed by atoms with Crippen molar-refractivity contribution in [1.82, 2.24) is 10.2 Å². The molecule has 2 amide bonds. The highest BCUT2D eigenvalue weighted by Crippen LogP contribution is 2.34. The number of nitrogens with one attached hydrogen (secondary N) is 1. The number of carbonyl (C=O) groups is 2. The Labute approximate surface area is 227 Å². The summed E-state index contributed by atoms with van der Waals surface area (Å²) in [7, 11) is 0. The van der Waals surface area contributed by atoms with Gasteiger partial charge < -0.3 is 20.4 Å². The van der Waals surface area contributed by atoms with Gasteiger partial charge in [-0.3, -0.25) is 14.5 Å². The van der Waals surface area contributed by atoms with E-state index in [2.05, 4.69) is 16.8 Å². The largest absolute Gasteiger partial charge is 0.393 e. The molecule has 1 aliphatic heterocycles. The normalized spacial score (nSPS) is 25.8. The van der Waals surface area contributed by atoms with Gasteiger partial charge in [-0.25, -0.2) is 4.39 Å². The van der Waals surface area contributed by atoms with Crippen molar-refractivity contribution in [1.29, 1.82) is 0 Å². The number of anilines is 1. The van der Waals surface area contributed by atoms with Gasteiger partial charge in [0.2, 0.25) is 11.8 Å². The minimum atomic E-state index is -0.727. The molecule has 4 atom stereocenters. The highest BCUT2D eigenvalue weighted by molar-refractivity contribution is 5.96. The first-order valence-corrected chi connectivity index (χ1v) is 14.0. The van der Waals surface area contributed by atoms with Crippen LogP contribution in [0.5, 0.6) is 0 Å². The van der Waals surface area contributed by atoms with Crippen LogP contribution in [-0.2, 0) is 9.59 Å². The van der Waals surface area contributed by atoms with Gasteiger partial charge in [0.05, 0.1) is 18.2 Å². The Morgan fingerprint density at radius 3 is 2.66 bits per heavy atom. The third-order valence-corrected chi connectivity index (χ3v) is 8.56. The van der Waals surface area contributed by atoms with Crippen LogP contribution in [0.3, 0.4) is 0 Å². The third kappa shape index (κ3) is 7.21. The summed E-state index contributed by atoms with van der Waals surface area (Å²) in [4.78, 5) is 29.7. The van der Waals surface area contributed by atoms with Crippen molar-refractivity contribution in [2.24, 2.45) is 5.92 Å². The van der Waals surface area contributed by atoms with Crippen LogP contribution in [0, 0.1) is 18.7 Å². The summed E-state index contributed by atoms with van der Waals surface area (Å²) in [5.41, 5.74) is 1.20. The standard InChI is InChI=1S/C30H46FN3O4/c1-7-22(28(37)32-25-11-13-30(38,8-2)17-21(25)4)15-24(35)12-14-33-18-27(36)34(19-29(33,5)6)26-16-23(31)10-9-20(26)3/h9-10,16,22,24-25,35,38H,4,7-8,11-15,17-19H2,1-3,5-6H3,(H,32,37). The summed E-state index contributed by atoms with van der Waals surface area (Å²) >= 11 is 0. The average Bonchev–Trinajstić information content (AvgIpc) is 2.86. The Hall–Kier alpha value is -2.29. The van der Waals surface area contributed by atoms with Crippen molar-refractivity contribution in [2.75, 3.05) is 24.5 Å². The molecule has 7 nitrogen and oxygen atoms in total. The summed E-state index contributed by atoms with van der Waals surface area (Å²) in [6.07, 6.45) is 3.17. The quantitative estimate of drug-likeness (QED) is 0.396. The molecule has 4 unspecified atom stereocenters. The number of aliphatic hydroxyl groups excluding tert-OH is 1. The first-order chi connectivity index (χ1) is 17.8. The van der Waals surface area contributed by atoms with Gasteiger partial charge in [-0.2, -0.15) is 0 Å². The highest BCUT2D eigenvalue weighted by Gasteiger charge is 2.39. The Bertz CT molecular complexity index is 1030. The van der Waals surface area contributed by atoms with Gasteiger partial charge >= 0.3 is 0 Å². The lowest BCUT2D eigenvalue weighted by Crippen LogP contribution is -2.62. The van der Waals surface area contributed by atoms with E-state index in [1.165, 1.54) is 12.1 Å². The van der Waals surface area contributed by atoms with Gasteiger partial charge in [0.25, 0.3) is 0 Å². The summed E-state index contributed by atoms with van der Waals surface area (Å²) in [6.45, 7) is 15.1. The molecule has 1 aromatic carbocycles. The number of hydrogen-bond acceptors (Lipinski definition) is 5. The minimum absolute atomic E-state index is 0.0887. The highest BCUT2D eigenvalue weighted by atomic mass is 19.1. The molecule has 0 bridgehead atoms. The van der Waals surface area contributed by atoms with Gasteiger partial charge in [-0.15, -0.1) is 0 Å². The molecule has 2 aliphatic rings. The summed E-state index contributed by atoms with van der Waals surface area (Å²) in [6, 6.07) is 4.34. The number of aliphatic hydroxyl groups is 2. The topological polar surface area (TPSA) is 93.1 Å². The molecule has 1 saturated carbocycles. The predicted octanol–water partition coefficient (Wildman–Crippen LogP) is 4.09. The molecule has 212 valence electrons. The number of rotatable bonds is 10. The number of nitrogens with zero attached hydrogens (tertiary/aromatic N) is 2. The Kier molecular flexibility index (Phi) is 9.76. The van der Waals surface area contributed by atoms with Gasteiger partial charge in [0.15, 0.2) is 0 Å². The maximum atomic E-state index is 13.9. The van der Waals surface area contributed by atoms with E-state index in [1.54, 1.807) is 11.0 Å². The fraction of sp³-hybridized carbons (Fsp3) is 0.667. The monoisotopic (exact) mass is 531 g/mol. The number of amides is 2. The lowest BCUT2D eigenvalue weighted by molar-refractivity contribution is -0.127. The molecular weight excluding hydrogens is 485 g/mol. The molecule has 3 rings (SSSR count). The minimum Gasteiger partial charge on any atom is -0.393 e. The van der Waals surface area contributed by atoms with Gasteiger partial charge in [-0.1, -0.05) is 32.1 Å². The van der Waals surface area contributed by atoms with Crippen LogP contribution >= 0.6 is 0 Å². The van der Waals surface area contributed by atoms with Crippen LogP contribution in [-0.4, -0.2) is 69.8 Å². The molecule has 8 heteroatoms. The smallest absolute Gasteiger partial charge is 0.241 e. The Morgan fingerprint density at radius 1 is 1.32 bits per heavy atom. The van der Waals surface area contributed by atoms with Crippen LogP contribution in [0.15, 0.2) is 30.4 Å². The van der Waals surface area contributed by atoms with Gasteiger partial charge in [0, 0.05) is 36.3 Å². The van der Waals surface area contributed by atoms with E-state index in [9.17, 15) is 24.2 Å². The second-order valence-corrected chi connectivity index (χ2v) is 11.9. The molecule has 1 aliphatic carbocycles. The first-order valence-electron chi connectivity index (χ1n) is 14.0. The van der Waals surface area contributed by atoms with E-state index >= 15 is 0 Å². The third-order valence-electron chi connectivity index (χ3n) is 8.56. The molecule has 1 heterocycles. The molecule has 0 spiro atoms. The van der Waals surface area contributed by atoms with E-state index in [0.717, 1.165) is 11.1 Å². The molecule has 3 N–H and O–H groups in total. The number of benzene rings is 1. The number of carbonyl (C=O) groups excluding carboxylic acids is 2. The van der Waals surface area contributed by atoms with Gasteiger partial charge in [0.1, 0.15) is 5.82 Å². The Morgan fingerprint density at radius 2 is 2.03 bits per heavy atom. The van der Waals surface area contributed by atoms with E-state index in [1.807, 2.05) is 34.6 Å². The summed E-state index contributed by atoms with van der Waals surface area (Å²) in [5.74, 6) is -0.881. The molecule has 1 aromatic rings. The van der Waals surface area contributed by atoms with Crippen molar-refractivity contribution >= 4 is 17.5 Å². The SMILES string of the molecule is C=C1CC(O)(CC)CCC1NC(=O)C(CC)CC(O)CCN1CC(=O)N(c2cc(F)ccc2C)CC1(C)C. The lowest BCUT2D eigenvalue weighted by Gasteiger charge is -2.47. The van der Waals surface area contributed by atoms with E-state index < -0.39 is 11.7 Å². The predicted molar refractivity (Wildman–Crippen MR) is 148 cm³/mol. The maximum absolute atomic E-state index is 13.9. The van der Waals surface area contributed by atoms with Crippen LogP contribution in [0.25, 0.3) is 0 Å². The number of piperazine rings is 1. The van der Waals surface area contributed by atoms with Gasteiger partial charge in [-0.05, 0) is 83.4 Å². The van der Waals surface area contributed by atoms with Crippen LogP contribution in [0.1, 0.15) is 78.2 Å². The number of halogens is 1. The van der Waals surface area contributed by atoms with E-state index in [4.69, 9.17) is 0 Å².